The van der Waals surface area contributed by atoms with Crippen molar-refractivity contribution in [2.24, 2.45) is 0 Å². The van der Waals surface area contributed by atoms with Gasteiger partial charge in [0.1, 0.15) is 18.1 Å². The van der Waals surface area contributed by atoms with Crippen molar-refractivity contribution in [2.45, 2.75) is 24.5 Å². The van der Waals surface area contributed by atoms with Gasteiger partial charge in [-0.1, -0.05) is 41.1 Å². The fourth-order valence-corrected chi connectivity index (χ4v) is 4.39. The van der Waals surface area contributed by atoms with Gasteiger partial charge >= 0.3 is 0 Å². The van der Waals surface area contributed by atoms with Gasteiger partial charge in [-0.3, -0.25) is 0 Å². The Morgan fingerprint density at radius 1 is 1.07 bits per heavy atom. The zero-order chi connectivity index (χ0) is 18.9. The van der Waals surface area contributed by atoms with Crippen molar-refractivity contribution in [1.29, 1.82) is 0 Å². The van der Waals surface area contributed by atoms with E-state index < -0.39 is 10.0 Å². The predicted molar refractivity (Wildman–Crippen MR) is 99.8 cm³/mol. The molecule has 8 heteroatoms. The fraction of sp³-hybridized carbons (Fsp3) is 0.263. The van der Waals surface area contributed by atoms with E-state index in [-0.39, 0.29) is 6.04 Å². The van der Waals surface area contributed by atoms with E-state index in [4.69, 9.17) is 4.74 Å². The standard InChI is InChI=1S/C19H20N4O3S/c1-15-7-9-19(10-8-15)27(24,25)22-12-17(13-22)23-11-16(20-21-23)14-26-18-5-3-2-4-6-18/h2-11,17H,12-14H2,1H3. The van der Waals surface area contributed by atoms with Crippen LogP contribution in [0.25, 0.3) is 0 Å². The molecule has 0 spiro atoms. The molecular weight excluding hydrogens is 364 g/mol. The van der Waals surface area contributed by atoms with Gasteiger partial charge in [0.15, 0.2) is 0 Å². The summed E-state index contributed by atoms with van der Waals surface area (Å²) in [6.07, 6.45) is 1.81. The monoisotopic (exact) mass is 384 g/mol. The summed E-state index contributed by atoms with van der Waals surface area (Å²) in [7, 11) is -3.45. The summed E-state index contributed by atoms with van der Waals surface area (Å²) in [5.41, 5.74) is 1.74. The second-order valence-corrected chi connectivity index (χ2v) is 8.52. The molecule has 0 unspecified atom stereocenters. The second kappa shape index (κ2) is 7.13. The zero-order valence-electron chi connectivity index (χ0n) is 14.9. The summed E-state index contributed by atoms with van der Waals surface area (Å²) in [4.78, 5) is 0.321. The lowest BCUT2D eigenvalue weighted by molar-refractivity contribution is 0.189. The normalized spacial score (nSPS) is 15.4. The van der Waals surface area contributed by atoms with Crippen molar-refractivity contribution in [2.75, 3.05) is 13.1 Å². The molecule has 1 fully saturated rings. The highest BCUT2D eigenvalue weighted by atomic mass is 32.2. The van der Waals surface area contributed by atoms with Crippen LogP contribution in [-0.2, 0) is 16.6 Å². The maximum atomic E-state index is 12.6. The molecule has 0 saturated carbocycles. The Morgan fingerprint density at radius 2 is 1.78 bits per heavy atom. The lowest BCUT2D eigenvalue weighted by Crippen LogP contribution is -2.50. The Labute approximate surface area is 158 Å². The van der Waals surface area contributed by atoms with Crippen LogP contribution in [-0.4, -0.2) is 40.8 Å². The van der Waals surface area contributed by atoms with E-state index in [1.165, 1.54) is 4.31 Å². The van der Waals surface area contributed by atoms with Crippen LogP contribution in [0.2, 0.25) is 0 Å². The highest BCUT2D eigenvalue weighted by molar-refractivity contribution is 7.89. The zero-order valence-corrected chi connectivity index (χ0v) is 15.7. The minimum atomic E-state index is -3.45. The third-order valence-corrected chi connectivity index (χ3v) is 6.40. The summed E-state index contributed by atoms with van der Waals surface area (Å²) in [6, 6.07) is 16.4. The highest BCUT2D eigenvalue weighted by Crippen LogP contribution is 2.28. The van der Waals surface area contributed by atoms with Gasteiger partial charge in [-0.05, 0) is 31.2 Å². The lowest BCUT2D eigenvalue weighted by atomic mass is 10.2. The molecule has 2 heterocycles. The van der Waals surface area contributed by atoms with E-state index in [9.17, 15) is 8.42 Å². The molecule has 3 aromatic rings. The Balaban J connectivity index is 1.36. The predicted octanol–water partition coefficient (Wildman–Crippen LogP) is 2.41. The van der Waals surface area contributed by atoms with Crippen molar-refractivity contribution in [3.05, 3.63) is 72.1 Å². The lowest BCUT2D eigenvalue weighted by Gasteiger charge is -2.37. The highest BCUT2D eigenvalue weighted by Gasteiger charge is 2.38. The molecule has 140 valence electrons. The van der Waals surface area contributed by atoms with Crippen LogP contribution in [0, 0.1) is 6.92 Å². The summed E-state index contributed by atoms with van der Waals surface area (Å²) >= 11 is 0. The number of para-hydroxylation sites is 1. The molecule has 1 saturated heterocycles. The third-order valence-electron chi connectivity index (χ3n) is 4.55. The van der Waals surface area contributed by atoms with E-state index >= 15 is 0 Å². The smallest absolute Gasteiger partial charge is 0.243 e. The molecule has 2 aromatic carbocycles. The minimum absolute atomic E-state index is 0.0109. The van der Waals surface area contributed by atoms with E-state index in [1.54, 1.807) is 28.9 Å². The molecule has 0 amide bonds. The quantitative estimate of drug-likeness (QED) is 0.652. The Bertz CT molecular complexity index is 1010. The molecule has 7 nitrogen and oxygen atoms in total. The van der Waals surface area contributed by atoms with Crippen LogP contribution in [0.3, 0.4) is 0 Å². The van der Waals surface area contributed by atoms with Crippen molar-refractivity contribution in [3.63, 3.8) is 0 Å². The van der Waals surface area contributed by atoms with Crippen LogP contribution < -0.4 is 4.74 Å². The fourth-order valence-electron chi connectivity index (χ4n) is 2.87. The largest absolute Gasteiger partial charge is 0.487 e. The third kappa shape index (κ3) is 3.72. The average molecular weight is 384 g/mol. The molecule has 0 atom stereocenters. The van der Waals surface area contributed by atoms with Gasteiger partial charge in [0.2, 0.25) is 10.0 Å². The number of rotatable bonds is 6. The molecule has 1 aliphatic heterocycles. The molecular formula is C19H20N4O3S. The van der Waals surface area contributed by atoms with E-state index in [1.807, 2.05) is 43.5 Å². The summed E-state index contributed by atoms with van der Waals surface area (Å²) < 4.78 is 34.1. The minimum Gasteiger partial charge on any atom is -0.487 e. The van der Waals surface area contributed by atoms with Crippen molar-refractivity contribution in [1.82, 2.24) is 19.3 Å². The second-order valence-electron chi connectivity index (χ2n) is 6.58. The van der Waals surface area contributed by atoms with Gasteiger partial charge in [-0.15, -0.1) is 5.10 Å². The van der Waals surface area contributed by atoms with Crippen molar-refractivity contribution in [3.8, 4) is 5.75 Å². The van der Waals surface area contributed by atoms with Gasteiger partial charge in [-0.2, -0.15) is 4.31 Å². The van der Waals surface area contributed by atoms with Crippen LogP contribution in [0.1, 0.15) is 17.3 Å². The molecule has 1 aromatic heterocycles. The first-order valence-electron chi connectivity index (χ1n) is 8.68. The molecule has 0 radical (unpaired) electrons. The molecule has 0 bridgehead atoms. The number of hydrogen-bond acceptors (Lipinski definition) is 5. The van der Waals surface area contributed by atoms with Crippen LogP contribution >= 0.6 is 0 Å². The number of aromatic nitrogens is 3. The van der Waals surface area contributed by atoms with Gasteiger partial charge in [0.05, 0.1) is 17.1 Å². The number of hydrogen-bond donors (Lipinski definition) is 0. The first-order valence-corrected chi connectivity index (χ1v) is 10.1. The van der Waals surface area contributed by atoms with E-state index in [2.05, 4.69) is 10.3 Å². The number of sulfonamides is 1. The van der Waals surface area contributed by atoms with E-state index in [0.717, 1.165) is 11.3 Å². The van der Waals surface area contributed by atoms with E-state index in [0.29, 0.717) is 30.3 Å². The Morgan fingerprint density at radius 3 is 2.48 bits per heavy atom. The van der Waals surface area contributed by atoms with Gasteiger partial charge in [-0.25, -0.2) is 13.1 Å². The number of aryl methyl sites for hydroxylation is 1. The molecule has 1 aliphatic rings. The van der Waals surface area contributed by atoms with Crippen LogP contribution in [0.15, 0.2) is 65.7 Å². The van der Waals surface area contributed by atoms with Gasteiger partial charge in [0, 0.05) is 13.1 Å². The first-order chi connectivity index (χ1) is 13.0. The van der Waals surface area contributed by atoms with Crippen molar-refractivity contribution < 1.29 is 13.2 Å². The average Bonchev–Trinajstić information content (AvgIpc) is 3.08. The van der Waals surface area contributed by atoms with Gasteiger partial charge in [0.25, 0.3) is 0 Å². The number of ether oxygens (including phenoxy) is 1. The summed E-state index contributed by atoms with van der Waals surface area (Å²) in [5.74, 6) is 0.770. The van der Waals surface area contributed by atoms with Crippen LogP contribution in [0.4, 0.5) is 0 Å². The Hall–Kier alpha value is -2.71. The topological polar surface area (TPSA) is 77.3 Å². The summed E-state index contributed by atoms with van der Waals surface area (Å²) in [6.45, 7) is 3.03. The van der Waals surface area contributed by atoms with Crippen molar-refractivity contribution >= 4 is 10.0 Å². The SMILES string of the molecule is Cc1ccc(S(=O)(=O)N2CC(n3cc(COc4ccccc4)nn3)C2)cc1. The molecule has 4 rings (SSSR count). The number of benzene rings is 2. The first kappa shape index (κ1) is 17.7. The Kier molecular flexibility index (Phi) is 4.67. The maximum Gasteiger partial charge on any atom is 0.243 e. The van der Waals surface area contributed by atoms with Crippen LogP contribution in [0.5, 0.6) is 5.75 Å². The molecule has 27 heavy (non-hydrogen) atoms. The molecule has 0 N–H and O–H groups in total. The van der Waals surface area contributed by atoms with Gasteiger partial charge < -0.3 is 4.74 Å². The molecule has 0 aliphatic carbocycles. The number of nitrogens with zero attached hydrogens (tertiary/aromatic N) is 4. The summed E-state index contributed by atoms with van der Waals surface area (Å²) in [5, 5.41) is 8.23. The maximum absolute atomic E-state index is 12.6.